The maximum Gasteiger partial charge on any atom is 0.408 e. The fraction of sp³-hybridized carbons (Fsp3) is 0.707. The number of aliphatic carboxylic acids is 1. The lowest BCUT2D eigenvalue weighted by Crippen LogP contribution is -2.71. The Hall–Kier alpha value is -8.58. The summed E-state index contributed by atoms with van der Waals surface area (Å²) < 4.78 is 85.9. The van der Waals surface area contributed by atoms with Crippen LogP contribution in [-0.2, 0) is 92.4 Å². The summed E-state index contributed by atoms with van der Waals surface area (Å²) in [6.45, 7) is 17.7. The van der Waals surface area contributed by atoms with Crippen LogP contribution in [0.1, 0.15) is 164 Å². The van der Waals surface area contributed by atoms with E-state index in [-0.39, 0.29) is 108 Å². The molecule has 117 heavy (non-hydrogen) atoms. The number of nitrogens with two attached hydrogens (primary N) is 1. The highest BCUT2D eigenvalue weighted by Crippen LogP contribution is 2.72. The second-order valence-corrected chi connectivity index (χ2v) is 32.2. The third-order valence-electron chi connectivity index (χ3n) is 23.2. The number of hydrogen-bond acceptors (Lipinski definition) is 23. The molecule has 0 bridgehead atoms. The quantitative estimate of drug-likeness (QED) is 0.0161. The number of nitrogens with one attached hydrogen (secondary N) is 8. The number of halogens is 2. The summed E-state index contributed by atoms with van der Waals surface area (Å²) in [7, 11) is 0. The Kier molecular flexibility index (Phi) is 37.2. The zero-order chi connectivity index (χ0) is 85.8. The van der Waals surface area contributed by atoms with Crippen molar-refractivity contribution >= 4 is 76.9 Å². The SMILES string of the molecule is C=CCC[C@H]1[C@@H](CCCC)[C@H]1COC(=O)NCCOCCOCCOCCOCCC(=O)N[C@H](CCC(=O)O)C(=O)N[C@H](C(=O)N[C@@H](CCCNC(N)=O)C(=O)Nc1ccc(COC(=O)N[C@@H](CO)C(=O)N[C@@H](CC(C)C)C(=O)OCC(=O)[C@@]23OC(CCC)O[C@@H]2C[C@H]2[C@@H]4C[C@H](F)C5=CC(=O)C=C[C@]5(C)[C@@]4(F)[C@@H](O)C[C@@]23C)cc1)C(C)C. The number of aliphatic hydroxyl groups excluding tert-OH is 2. The molecule has 1 aromatic rings. The smallest absolute Gasteiger partial charge is 0.408 e. The number of rotatable bonds is 52. The maximum atomic E-state index is 18.1. The zero-order valence-electron chi connectivity index (χ0n) is 68.5. The van der Waals surface area contributed by atoms with Gasteiger partial charge in [-0.25, -0.2) is 28.0 Å². The fourth-order valence-corrected chi connectivity index (χ4v) is 17.0. The molecule has 0 radical (unpaired) electrons. The van der Waals surface area contributed by atoms with E-state index in [4.69, 9.17) is 48.4 Å². The van der Waals surface area contributed by atoms with E-state index in [1.807, 2.05) is 13.0 Å². The number of urea groups is 1. The van der Waals surface area contributed by atoms with Gasteiger partial charge in [-0.3, -0.25) is 38.4 Å². The van der Waals surface area contributed by atoms with Crippen molar-refractivity contribution in [3.05, 3.63) is 66.3 Å². The second-order valence-electron chi connectivity index (χ2n) is 32.2. The van der Waals surface area contributed by atoms with Gasteiger partial charge < -0.3 is 106 Å². The summed E-state index contributed by atoms with van der Waals surface area (Å²) in [4.78, 5) is 159. The van der Waals surface area contributed by atoms with Gasteiger partial charge in [0.2, 0.25) is 35.3 Å². The van der Waals surface area contributed by atoms with E-state index in [2.05, 4.69) is 56.0 Å². The normalized spacial score (nSPS) is 26.5. The molecule has 0 spiro atoms. The maximum absolute atomic E-state index is 18.1. The number of aliphatic hydroxyl groups is 2. The van der Waals surface area contributed by atoms with Crippen molar-refractivity contribution in [3.8, 4) is 0 Å². The van der Waals surface area contributed by atoms with E-state index in [0.717, 1.165) is 31.8 Å². The summed E-state index contributed by atoms with van der Waals surface area (Å²) in [5, 5.41) is 52.2. The predicted octanol–water partition coefficient (Wildman–Crippen LogP) is 5.69. The van der Waals surface area contributed by atoms with Gasteiger partial charge >= 0.3 is 30.2 Å². The molecule has 13 N–H and O–H groups in total. The van der Waals surface area contributed by atoms with Crippen LogP contribution in [0.15, 0.2) is 60.7 Å². The summed E-state index contributed by atoms with van der Waals surface area (Å²) in [5.41, 5.74) is -1.70. The highest BCUT2D eigenvalue weighted by molar-refractivity contribution is 6.02. The predicted molar refractivity (Wildman–Crippen MR) is 419 cm³/mol. The molecule has 35 heteroatoms. The summed E-state index contributed by atoms with van der Waals surface area (Å²) in [6, 6.07) is -2.17. The first-order chi connectivity index (χ1) is 55.7. The molecule has 1 unspecified atom stereocenters. The molecule has 1 saturated heterocycles. The van der Waals surface area contributed by atoms with Gasteiger partial charge in [0, 0.05) is 48.4 Å². The molecule has 4 saturated carbocycles. The first kappa shape index (κ1) is 95.6. The number of alkyl carbamates (subject to hydrolysis) is 2. The van der Waals surface area contributed by atoms with Crippen molar-refractivity contribution in [2.24, 2.45) is 58.0 Å². The number of fused-ring (bicyclic) bond motifs is 7. The minimum atomic E-state index is -2.46. The van der Waals surface area contributed by atoms with Gasteiger partial charge in [-0.1, -0.05) is 92.0 Å². The average Bonchev–Trinajstić information content (AvgIpc) is 1.51. The second kappa shape index (κ2) is 45.6. The van der Waals surface area contributed by atoms with E-state index >= 15 is 8.78 Å². The van der Waals surface area contributed by atoms with Gasteiger partial charge in [0.15, 0.2) is 29.9 Å². The number of primary amides is 1. The first-order valence-corrected chi connectivity index (χ1v) is 40.9. The molecule has 5 fully saturated rings. The Bertz CT molecular complexity index is 3630. The molecule has 6 aliphatic rings. The molecular formula is C82H123F2N9O24. The number of hydrogen-bond donors (Lipinski definition) is 12. The average molecular weight is 1660 g/mol. The molecule has 18 atom stereocenters. The van der Waals surface area contributed by atoms with Crippen LogP contribution < -0.4 is 48.3 Å². The number of esters is 1. The van der Waals surface area contributed by atoms with E-state index in [1.165, 1.54) is 49.8 Å². The Morgan fingerprint density at radius 2 is 1.35 bits per heavy atom. The van der Waals surface area contributed by atoms with Crippen molar-refractivity contribution in [2.45, 2.75) is 231 Å². The third kappa shape index (κ3) is 25.7. The number of carboxylic acid groups (broad SMARTS) is 1. The molecule has 0 aromatic heterocycles. The molecular weight excluding hydrogens is 1530 g/mol. The molecule has 33 nitrogen and oxygen atoms in total. The number of alkyl halides is 2. The molecule has 654 valence electrons. The number of amides is 9. The van der Waals surface area contributed by atoms with Crippen molar-refractivity contribution < 1.29 is 124 Å². The molecule has 9 amide bonds. The number of unbranched alkanes of at least 4 members (excludes halogenated alkanes) is 1. The number of carbonyl (C=O) groups is 12. The summed E-state index contributed by atoms with van der Waals surface area (Å²) >= 11 is 0. The van der Waals surface area contributed by atoms with Crippen LogP contribution in [0.25, 0.3) is 0 Å². The van der Waals surface area contributed by atoms with Crippen LogP contribution in [0.3, 0.4) is 0 Å². The van der Waals surface area contributed by atoms with Crippen molar-refractivity contribution in [3.63, 3.8) is 0 Å². The zero-order valence-corrected chi connectivity index (χ0v) is 68.5. The van der Waals surface area contributed by atoms with Crippen molar-refractivity contribution in [1.29, 1.82) is 0 Å². The topological polar surface area (TPSA) is 471 Å². The number of ketones is 2. The van der Waals surface area contributed by atoms with Crippen LogP contribution in [-0.4, -0.2) is 238 Å². The van der Waals surface area contributed by atoms with E-state index < -0.39 is 199 Å². The van der Waals surface area contributed by atoms with E-state index in [1.54, 1.807) is 34.6 Å². The van der Waals surface area contributed by atoms with E-state index in [0.29, 0.717) is 62.5 Å². The molecule has 5 aliphatic carbocycles. The minimum absolute atomic E-state index is 0.00586. The van der Waals surface area contributed by atoms with Crippen LogP contribution in [0.5, 0.6) is 0 Å². The Balaban J connectivity index is 0.832. The fourth-order valence-electron chi connectivity index (χ4n) is 17.0. The molecule has 7 rings (SSSR count). The van der Waals surface area contributed by atoms with Crippen LogP contribution in [0, 0.1) is 52.3 Å². The number of Topliss-reactive ketones (excluding diaryl/α,β-unsaturated/α-hetero) is 1. The van der Waals surface area contributed by atoms with Crippen molar-refractivity contribution in [1.82, 2.24) is 37.2 Å². The Morgan fingerprint density at radius 3 is 1.98 bits per heavy atom. The van der Waals surface area contributed by atoms with Gasteiger partial charge in [-0.15, -0.1) is 6.58 Å². The number of anilines is 1. The summed E-state index contributed by atoms with van der Waals surface area (Å²) in [6.07, 6.45) is 3.07. The number of carboxylic acids is 1. The number of carbonyl (C=O) groups excluding carboxylic acids is 11. The summed E-state index contributed by atoms with van der Waals surface area (Å²) in [5.74, 6) is -9.00. The highest BCUT2D eigenvalue weighted by Gasteiger charge is 2.80. The number of ether oxygens (including phenoxy) is 9. The highest BCUT2D eigenvalue weighted by atomic mass is 19.1. The van der Waals surface area contributed by atoms with Crippen molar-refractivity contribution in [2.75, 3.05) is 91.1 Å². The van der Waals surface area contributed by atoms with Gasteiger partial charge in [-0.05, 0) is 148 Å². The molecule has 1 aromatic carbocycles. The van der Waals surface area contributed by atoms with Crippen LogP contribution in [0.4, 0.5) is 28.9 Å². The largest absolute Gasteiger partial charge is 0.481 e. The first-order valence-electron chi connectivity index (χ1n) is 40.9. The monoisotopic (exact) mass is 1660 g/mol. The lowest BCUT2D eigenvalue weighted by Gasteiger charge is -2.63. The van der Waals surface area contributed by atoms with Gasteiger partial charge in [-0.2, -0.15) is 0 Å². The van der Waals surface area contributed by atoms with E-state index in [9.17, 15) is 72.9 Å². The number of allylic oxidation sites excluding steroid dienone is 5. The molecule has 1 heterocycles. The Labute approximate surface area is 681 Å². The minimum Gasteiger partial charge on any atom is -0.481 e. The van der Waals surface area contributed by atoms with Gasteiger partial charge in [0.25, 0.3) is 0 Å². The Morgan fingerprint density at radius 1 is 0.701 bits per heavy atom. The van der Waals surface area contributed by atoms with Crippen LogP contribution in [0.2, 0.25) is 0 Å². The van der Waals surface area contributed by atoms with Gasteiger partial charge in [0.05, 0.1) is 78.3 Å². The number of benzene rings is 1. The van der Waals surface area contributed by atoms with Gasteiger partial charge in [0.1, 0.15) is 43.0 Å². The lowest BCUT2D eigenvalue weighted by atomic mass is 9.44. The lowest BCUT2D eigenvalue weighted by molar-refractivity contribution is -0.235. The standard InChI is InChI=1S/C82H123F2N9O24/c1-10-13-17-53-54(18-14-11-2)55(53)46-115-77(107)87-30-32-110-34-36-112-38-37-111-35-33-109-31-27-67(98)89-61(24-25-68(99)100)72(102)93-70(49(6)7)74(104)90-60(19-15-29-86-76(85)106)71(101)88-51-22-20-50(21-23-51)45-114-78(108)92-63(44-94)73(103)91-62(39-48(4)5)75(105)113-47-65(97)82-66(116-69(117-82)16-12-3)42-56-57-41-59(83)58-40-52(95)26-28-79(58,8)81(57,84)64(96)43-80(56,82)9/h10,20-23,26,28,40,48-49,53-57,59-64,66,69-70,94,96H,1,11-19,24-25,27,29-39,41-47H2,2-9H3,(H,87,107)(H,88,101)(H,89,98)(H,90,104)(H,91,103)(H,92,108)(H,93,102)(H,99,100)(H3,85,86,106)/t53-,54+,55-,56-,57-,59-,60-,61+,62-,63-,64-,66+,69?,70-,79-,80-,81-,82+/m0/s1. The third-order valence-corrected chi connectivity index (χ3v) is 23.2. The van der Waals surface area contributed by atoms with Crippen LogP contribution >= 0.6 is 0 Å². The molecule has 1 aliphatic heterocycles.